The normalized spacial score (nSPS) is 25.3. The minimum atomic E-state index is -3.39. The maximum atomic E-state index is 11.9. The number of hydrogen-bond acceptors (Lipinski definition) is 4. The number of aryl methyl sites for hydroxylation is 1. The van der Waals surface area contributed by atoms with Gasteiger partial charge in [0.1, 0.15) is 4.21 Å². The topological polar surface area (TPSA) is 66.4 Å². The largest absolute Gasteiger partial charge is 0.393 e. The van der Waals surface area contributed by atoms with E-state index in [0.29, 0.717) is 10.8 Å². The van der Waals surface area contributed by atoms with Crippen molar-refractivity contribution in [2.24, 2.45) is 5.92 Å². The van der Waals surface area contributed by atoms with E-state index in [0.717, 1.165) is 24.1 Å². The van der Waals surface area contributed by atoms with Crippen molar-refractivity contribution >= 4 is 21.4 Å². The highest BCUT2D eigenvalue weighted by Gasteiger charge is 2.27. The van der Waals surface area contributed by atoms with Crippen molar-refractivity contribution in [1.82, 2.24) is 4.72 Å². The summed E-state index contributed by atoms with van der Waals surface area (Å²) < 4.78 is 26.8. The quantitative estimate of drug-likeness (QED) is 0.875. The lowest BCUT2D eigenvalue weighted by molar-refractivity contribution is 0.134. The van der Waals surface area contributed by atoms with Crippen LogP contribution in [0.15, 0.2) is 16.3 Å². The minimum Gasteiger partial charge on any atom is -0.393 e. The average molecular weight is 275 g/mol. The molecule has 1 fully saturated rings. The Kier molecular flexibility index (Phi) is 3.87. The maximum absolute atomic E-state index is 11.9. The molecule has 1 aromatic rings. The number of rotatable bonds is 4. The first kappa shape index (κ1) is 13.0. The van der Waals surface area contributed by atoms with Gasteiger partial charge < -0.3 is 5.11 Å². The van der Waals surface area contributed by atoms with Gasteiger partial charge in [-0.2, -0.15) is 0 Å². The van der Waals surface area contributed by atoms with Crippen molar-refractivity contribution in [3.05, 3.63) is 17.0 Å². The van der Waals surface area contributed by atoms with E-state index in [1.54, 1.807) is 12.1 Å². The van der Waals surface area contributed by atoms with E-state index in [9.17, 15) is 13.5 Å². The molecule has 2 N–H and O–H groups in total. The van der Waals surface area contributed by atoms with Crippen LogP contribution in [0.2, 0.25) is 0 Å². The molecule has 0 spiro atoms. The van der Waals surface area contributed by atoms with Gasteiger partial charge in [0.25, 0.3) is 0 Å². The fraction of sp³-hybridized carbons (Fsp3) is 0.636. The summed E-state index contributed by atoms with van der Waals surface area (Å²) in [6.07, 6.45) is 2.30. The fourth-order valence-electron chi connectivity index (χ4n) is 2.10. The molecule has 17 heavy (non-hydrogen) atoms. The first-order valence-electron chi connectivity index (χ1n) is 5.73. The molecule has 1 heterocycles. The van der Waals surface area contributed by atoms with Crippen LogP contribution in [0.1, 0.15) is 24.1 Å². The second kappa shape index (κ2) is 5.06. The predicted molar refractivity (Wildman–Crippen MR) is 67.6 cm³/mol. The van der Waals surface area contributed by atoms with E-state index in [1.807, 2.05) is 6.92 Å². The summed E-state index contributed by atoms with van der Waals surface area (Å²) in [7, 11) is -3.39. The van der Waals surface area contributed by atoms with E-state index in [4.69, 9.17) is 0 Å². The van der Waals surface area contributed by atoms with Crippen LogP contribution in [0, 0.1) is 12.8 Å². The lowest BCUT2D eigenvalue weighted by Crippen LogP contribution is -2.32. The lowest BCUT2D eigenvalue weighted by atomic mass is 10.1. The summed E-state index contributed by atoms with van der Waals surface area (Å²) in [5, 5.41) is 9.63. The van der Waals surface area contributed by atoms with Crippen molar-refractivity contribution in [1.29, 1.82) is 0 Å². The molecule has 96 valence electrons. The Morgan fingerprint density at radius 1 is 1.47 bits per heavy atom. The molecule has 6 heteroatoms. The van der Waals surface area contributed by atoms with Gasteiger partial charge >= 0.3 is 0 Å². The molecule has 0 radical (unpaired) electrons. The highest BCUT2D eigenvalue weighted by Crippen LogP contribution is 2.26. The smallest absolute Gasteiger partial charge is 0.250 e. The van der Waals surface area contributed by atoms with Crippen molar-refractivity contribution in [3.63, 3.8) is 0 Å². The highest BCUT2D eigenvalue weighted by molar-refractivity contribution is 7.91. The van der Waals surface area contributed by atoms with Gasteiger partial charge in [-0.05, 0) is 37.8 Å². The summed E-state index contributed by atoms with van der Waals surface area (Å²) in [6.45, 7) is 2.21. The predicted octanol–water partition coefficient (Wildman–Crippen LogP) is 1.50. The van der Waals surface area contributed by atoms with Gasteiger partial charge in [-0.15, -0.1) is 11.3 Å². The summed E-state index contributed by atoms with van der Waals surface area (Å²) in [5.41, 5.74) is 0. The van der Waals surface area contributed by atoms with Crippen LogP contribution in [-0.2, 0) is 10.0 Å². The van der Waals surface area contributed by atoms with Crippen LogP contribution in [0.25, 0.3) is 0 Å². The van der Waals surface area contributed by atoms with Gasteiger partial charge in [0.2, 0.25) is 10.0 Å². The van der Waals surface area contributed by atoms with Crippen molar-refractivity contribution in [2.45, 2.75) is 36.5 Å². The molecule has 2 rings (SSSR count). The van der Waals surface area contributed by atoms with E-state index in [1.165, 1.54) is 11.3 Å². The van der Waals surface area contributed by atoms with E-state index in [2.05, 4.69) is 4.72 Å². The van der Waals surface area contributed by atoms with Crippen molar-refractivity contribution in [3.8, 4) is 0 Å². The van der Waals surface area contributed by atoms with Crippen LogP contribution in [0.3, 0.4) is 0 Å². The van der Waals surface area contributed by atoms with E-state index in [-0.39, 0.29) is 12.0 Å². The number of hydrogen-bond donors (Lipinski definition) is 2. The standard InChI is InChI=1S/C11H17NO3S2/c1-8-5-6-11(16-8)17(14,15)12-7-9-3-2-4-10(9)13/h5-6,9-10,12-13H,2-4,7H2,1H3. The third-order valence-corrected chi connectivity index (χ3v) is 6.05. The zero-order valence-electron chi connectivity index (χ0n) is 9.72. The summed E-state index contributed by atoms with van der Waals surface area (Å²) in [6, 6.07) is 3.41. The first-order valence-corrected chi connectivity index (χ1v) is 8.03. The van der Waals surface area contributed by atoms with Gasteiger partial charge in [-0.1, -0.05) is 6.42 Å². The molecule has 1 aliphatic carbocycles. The number of nitrogens with one attached hydrogen (secondary N) is 1. The first-order chi connectivity index (χ1) is 7.99. The number of thiophene rings is 1. The second-order valence-electron chi connectivity index (χ2n) is 4.48. The fourth-order valence-corrected chi connectivity index (χ4v) is 4.52. The summed E-state index contributed by atoms with van der Waals surface area (Å²) in [4.78, 5) is 0.978. The molecule has 2 unspecified atom stereocenters. The summed E-state index contributed by atoms with van der Waals surface area (Å²) >= 11 is 1.27. The summed E-state index contributed by atoms with van der Waals surface area (Å²) in [5.74, 6) is 0.0610. The van der Waals surface area contributed by atoms with Crippen LogP contribution < -0.4 is 4.72 Å². The molecule has 2 atom stereocenters. The van der Waals surface area contributed by atoms with E-state index >= 15 is 0 Å². The molecule has 0 bridgehead atoms. The van der Waals surface area contributed by atoms with Gasteiger partial charge in [0.15, 0.2) is 0 Å². The molecule has 1 aliphatic rings. The SMILES string of the molecule is Cc1ccc(S(=O)(=O)NCC2CCCC2O)s1. The molecule has 0 aliphatic heterocycles. The number of aliphatic hydroxyl groups excluding tert-OH is 1. The molecule has 1 saturated carbocycles. The lowest BCUT2D eigenvalue weighted by Gasteiger charge is -2.14. The molecule has 0 saturated heterocycles. The molecule has 0 amide bonds. The zero-order valence-corrected chi connectivity index (χ0v) is 11.4. The zero-order chi connectivity index (χ0) is 12.5. The maximum Gasteiger partial charge on any atom is 0.250 e. The Morgan fingerprint density at radius 2 is 2.24 bits per heavy atom. The van der Waals surface area contributed by atoms with E-state index < -0.39 is 10.0 Å². The monoisotopic (exact) mass is 275 g/mol. The molecule has 1 aromatic heterocycles. The third kappa shape index (κ3) is 3.07. The average Bonchev–Trinajstić information content (AvgIpc) is 2.85. The molecular formula is C11H17NO3S2. The number of sulfonamides is 1. The van der Waals surface area contributed by atoms with Gasteiger partial charge in [0.05, 0.1) is 6.10 Å². The van der Waals surface area contributed by atoms with Gasteiger partial charge in [-0.25, -0.2) is 13.1 Å². The molecule has 4 nitrogen and oxygen atoms in total. The Bertz CT molecular complexity index is 481. The third-order valence-electron chi connectivity index (χ3n) is 3.14. The Balaban J connectivity index is 1.98. The van der Waals surface area contributed by atoms with Crippen molar-refractivity contribution in [2.75, 3.05) is 6.54 Å². The number of aliphatic hydroxyl groups is 1. The Labute approximate surface area is 106 Å². The molecular weight excluding hydrogens is 258 g/mol. The Hall–Kier alpha value is -0.430. The van der Waals surface area contributed by atoms with Gasteiger partial charge in [0, 0.05) is 11.4 Å². The van der Waals surface area contributed by atoms with Crippen LogP contribution in [-0.4, -0.2) is 26.2 Å². The van der Waals surface area contributed by atoms with Crippen LogP contribution in [0.5, 0.6) is 0 Å². The van der Waals surface area contributed by atoms with Crippen molar-refractivity contribution < 1.29 is 13.5 Å². The van der Waals surface area contributed by atoms with Gasteiger partial charge in [-0.3, -0.25) is 0 Å². The highest BCUT2D eigenvalue weighted by atomic mass is 32.2. The molecule has 0 aromatic carbocycles. The minimum absolute atomic E-state index is 0.0610. The van der Waals surface area contributed by atoms with Crippen LogP contribution in [0.4, 0.5) is 0 Å². The van der Waals surface area contributed by atoms with Crippen LogP contribution >= 0.6 is 11.3 Å². The Morgan fingerprint density at radius 3 is 2.76 bits per heavy atom. The second-order valence-corrected chi connectivity index (χ2v) is 7.76.